The number of aliphatic hydroxyl groups excluding tert-OH is 1. The average molecular weight is 564 g/mol. The summed E-state index contributed by atoms with van der Waals surface area (Å²) in [6.07, 6.45) is 1.60. The quantitative estimate of drug-likeness (QED) is 0.105. The Kier molecular flexibility index (Phi) is 7.62. The fourth-order valence-electron chi connectivity index (χ4n) is 4.05. The summed E-state index contributed by atoms with van der Waals surface area (Å²) in [6.45, 7) is 5.61. The molecule has 0 radical (unpaired) electrons. The summed E-state index contributed by atoms with van der Waals surface area (Å²) in [4.78, 5) is 28.2. The van der Waals surface area contributed by atoms with E-state index in [1.54, 1.807) is 55.5 Å². The third-order valence-corrected chi connectivity index (χ3v) is 7.96. The Morgan fingerprint density at radius 2 is 2.03 bits per heavy atom. The van der Waals surface area contributed by atoms with Crippen molar-refractivity contribution in [1.29, 1.82) is 0 Å². The molecule has 8 nitrogen and oxygen atoms in total. The van der Waals surface area contributed by atoms with Crippen LogP contribution in [0.3, 0.4) is 0 Å². The highest BCUT2D eigenvalue weighted by atomic mass is 32.2. The minimum atomic E-state index is -1.01. The Labute approximate surface area is 231 Å². The van der Waals surface area contributed by atoms with Gasteiger partial charge in [-0.2, -0.15) is 0 Å². The number of ether oxygens (including phenoxy) is 1. The molecule has 3 heterocycles. The lowest BCUT2D eigenvalue weighted by atomic mass is 9.95. The maximum absolute atomic E-state index is 13.5. The second-order valence-electron chi connectivity index (χ2n) is 8.52. The molecule has 0 saturated heterocycles. The van der Waals surface area contributed by atoms with Crippen molar-refractivity contribution < 1.29 is 28.2 Å². The number of Topliss-reactive ketones (excluding diaryl/α,β-unsaturated/α-hetero) is 1. The smallest absolute Gasteiger partial charge is 0.296 e. The number of nitrogens with zero attached hydrogens (tertiary/aromatic N) is 3. The maximum atomic E-state index is 13.5. The number of hydrogen-bond donors (Lipinski definition) is 1. The van der Waals surface area contributed by atoms with Gasteiger partial charge in [-0.05, 0) is 54.4 Å². The standard InChI is InChI=1S/C28H22FN3O5S2/c1-3-13-36-20-6-4-5-18(14-20)23-22(24(33)21-12-7-16(2)37-21)25(34)26(35)32(23)27-30-31-28(39-27)38-15-17-8-10-19(29)11-9-17/h3-12,14,23,34H,1,13,15H2,2H3. The zero-order valence-electron chi connectivity index (χ0n) is 20.7. The van der Waals surface area contributed by atoms with Gasteiger partial charge in [-0.25, -0.2) is 4.39 Å². The Balaban J connectivity index is 1.50. The second kappa shape index (κ2) is 11.3. The summed E-state index contributed by atoms with van der Waals surface area (Å²) in [5.41, 5.74) is 1.28. The molecule has 39 heavy (non-hydrogen) atoms. The number of hydrogen-bond acceptors (Lipinski definition) is 9. The first-order chi connectivity index (χ1) is 18.9. The summed E-state index contributed by atoms with van der Waals surface area (Å²) >= 11 is 2.52. The Morgan fingerprint density at radius 1 is 1.23 bits per heavy atom. The molecule has 1 aliphatic rings. The maximum Gasteiger partial charge on any atom is 0.296 e. The number of carbonyl (C=O) groups is 2. The lowest BCUT2D eigenvalue weighted by Gasteiger charge is -2.24. The first-order valence-corrected chi connectivity index (χ1v) is 13.6. The van der Waals surface area contributed by atoms with Crippen LogP contribution in [-0.4, -0.2) is 33.6 Å². The van der Waals surface area contributed by atoms with E-state index >= 15 is 0 Å². The molecule has 0 spiro atoms. The molecule has 4 aromatic rings. The lowest BCUT2D eigenvalue weighted by Crippen LogP contribution is -2.31. The van der Waals surface area contributed by atoms with Crippen LogP contribution in [0.1, 0.15) is 33.5 Å². The fraction of sp³-hybridized carbons (Fsp3) is 0.143. The van der Waals surface area contributed by atoms with Crippen LogP contribution < -0.4 is 9.64 Å². The minimum Gasteiger partial charge on any atom is -0.503 e. The van der Waals surface area contributed by atoms with E-state index in [0.717, 1.165) is 16.9 Å². The van der Waals surface area contributed by atoms with Crippen LogP contribution in [0.25, 0.3) is 0 Å². The fourth-order valence-corrected chi connectivity index (χ4v) is 5.88. The van der Waals surface area contributed by atoms with Gasteiger partial charge in [0.05, 0.1) is 11.6 Å². The molecule has 198 valence electrons. The van der Waals surface area contributed by atoms with Crippen molar-refractivity contribution in [3.63, 3.8) is 0 Å². The highest BCUT2D eigenvalue weighted by Gasteiger charge is 2.46. The summed E-state index contributed by atoms with van der Waals surface area (Å²) in [5.74, 6) is -0.873. The predicted molar refractivity (Wildman–Crippen MR) is 146 cm³/mol. The van der Waals surface area contributed by atoms with Crippen molar-refractivity contribution in [2.24, 2.45) is 0 Å². The third kappa shape index (κ3) is 5.50. The van der Waals surface area contributed by atoms with Crippen molar-refractivity contribution >= 4 is 39.9 Å². The number of amides is 1. The van der Waals surface area contributed by atoms with Crippen molar-refractivity contribution in [2.75, 3.05) is 11.5 Å². The molecule has 1 unspecified atom stereocenters. The number of aryl methyl sites for hydroxylation is 1. The number of rotatable bonds is 10. The van der Waals surface area contributed by atoms with Crippen molar-refractivity contribution in [3.8, 4) is 5.75 Å². The molecule has 1 N–H and O–H groups in total. The van der Waals surface area contributed by atoms with Crippen LogP contribution in [0.5, 0.6) is 5.75 Å². The van der Waals surface area contributed by atoms with E-state index in [-0.39, 0.29) is 28.9 Å². The predicted octanol–water partition coefficient (Wildman–Crippen LogP) is 6.22. The lowest BCUT2D eigenvalue weighted by molar-refractivity contribution is -0.117. The Morgan fingerprint density at radius 3 is 2.74 bits per heavy atom. The van der Waals surface area contributed by atoms with Crippen LogP contribution in [0.4, 0.5) is 9.52 Å². The number of carbonyl (C=O) groups excluding carboxylic acids is 2. The minimum absolute atomic E-state index is 0.000526. The van der Waals surface area contributed by atoms with E-state index in [1.807, 2.05) is 0 Å². The summed E-state index contributed by atoms with van der Waals surface area (Å²) < 4.78 is 25.0. The van der Waals surface area contributed by atoms with E-state index in [2.05, 4.69) is 16.8 Å². The van der Waals surface area contributed by atoms with E-state index in [9.17, 15) is 19.1 Å². The number of halogens is 1. The average Bonchev–Trinajstić information content (AvgIpc) is 3.65. The van der Waals surface area contributed by atoms with E-state index in [0.29, 0.717) is 27.2 Å². The van der Waals surface area contributed by atoms with Gasteiger partial charge in [0.15, 0.2) is 15.9 Å². The number of thioether (sulfide) groups is 1. The third-order valence-electron chi connectivity index (χ3n) is 5.84. The molecule has 0 saturated carbocycles. The number of aliphatic hydroxyl groups is 1. The highest BCUT2D eigenvalue weighted by Crippen LogP contribution is 2.44. The van der Waals surface area contributed by atoms with Crippen molar-refractivity contribution in [3.05, 3.63) is 113 Å². The van der Waals surface area contributed by atoms with E-state index in [1.165, 1.54) is 34.9 Å². The summed E-state index contributed by atoms with van der Waals surface area (Å²) in [6, 6.07) is 15.2. The van der Waals surface area contributed by atoms with Gasteiger partial charge in [0.1, 0.15) is 23.9 Å². The molecule has 0 fully saturated rings. The first kappa shape index (κ1) is 26.4. The van der Waals surface area contributed by atoms with E-state index in [4.69, 9.17) is 9.15 Å². The molecular formula is C28H22FN3O5S2. The molecule has 1 amide bonds. The van der Waals surface area contributed by atoms with Gasteiger partial charge in [0.2, 0.25) is 10.9 Å². The van der Waals surface area contributed by atoms with Gasteiger partial charge in [0, 0.05) is 5.75 Å². The van der Waals surface area contributed by atoms with Crippen molar-refractivity contribution in [2.45, 2.75) is 23.1 Å². The van der Waals surface area contributed by atoms with Crippen LogP contribution in [0.2, 0.25) is 0 Å². The van der Waals surface area contributed by atoms with Gasteiger partial charge in [-0.3, -0.25) is 14.5 Å². The number of ketones is 1. The SMILES string of the molecule is C=CCOc1cccc(C2C(C(=O)c3ccc(C)o3)=C(O)C(=O)N2c2nnc(SCc3ccc(F)cc3)s2)c1. The van der Waals surface area contributed by atoms with Gasteiger partial charge in [0.25, 0.3) is 5.91 Å². The molecular weight excluding hydrogens is 541 g/mol. The molecule has 1 aliphatic heterocycles. The van der Waals surface area contributed by atoms with Gasteiger partial charge in [-0.15, -0.1) is 10.2 Å². The highest BCUT2D eigenvalue weighted by molar-refractivity contribution is 8.00. The van der Waals surface area contributed by atoms with Crippen molar-refractivity contribution in [1.82, 2.24) is 10.2 Å². The van der Waals surface area contributed by atoms with Gasteiger partial charge in [-0.1, -0.05) is 60.0 Å². The van der Waals surface area contributed by atoms with Crippen LogP contribution in [-0.2, 0) is 10.5 Å². The molecule has 11 heteroatoms. The zero-order chi connectivity index (χ0) is 27.5. The largest absolute Gasteiger partial charge is 0.503 e. The monoisotopic (exact) mass is 563 g/mol. The first-order valence-electron chi connectivity index (χ1n) is 11.8. The Bertz CT molecular complexity index is 1580. The van der Waals surface area contributed by atoms with Gasteiger partial charge < -0.3 is 14.3 Å². The molecule has 5 rings (SSSR count). The summed E-state index contributed by atoms with van der Waals surface area (Å²) in [7, 11) is 0. The van der Waals surface area contributed by atoms with Gasteiger partial charge >= 0.3 is 0 Å². The topological polar surface area (TPSA) is 106 Å². The number of anilines is 1. The molecule has 0 bridgehead atoms. The Hall–Kier alpha value is -4.22. The van der Waals surface area contributed by atoms with Crippen LogP contribution in [0, 0.1) is 12.7 Å². The molecule has 2 aromatic carbocycles. The van der Waals surface area contributed by atoms with Crippen LogP contribution in [0.15, 0.2) is 93.4 Å². The molecule has 1 atom stereocenters. The zero-order valence-corrected chi connectivity index (χ0v) is 22.3. The second-order valence-corrected chi connectivity index (χ2v) is 10.7. The molecule has 0 aliphatic carbocycles. The normalized spacial score (nSPS) is 15.2. The van der Waals surface area contributed by atoms with Crippen LogP contribution >= 0.6 is 23.1 Å². The summed E-state index contributed by atoms with van der Waals surface area (Å²) in [5, 5.41) is 19.6. The number of furan rings is 1. The van der Waals surface area contributed by atoms with E-state index < -0.39 is 23.5 Å². The number of benzene rings is 2. The molecule has 2 aromatic heterocycles. The number of aromatic nitrogens is 2.